The molecule has 0 bridgehead atoms. The number of likely N-dealkylation sites (N-methyl/N-ethyl adjacent to an activating group) is 1. The number of hydrogen-bond acceptors (Lipinski definition) is 6. The molecule has 0 radical (unpaired) electrons. The number of carbonyl (C=O) groups is 2. The van der Waals surface area contributed by atoms with E-state index in [9.17, 15) is 14.0 Å². The first-order chi connectivity index (χ1) is 13.6. The Morgan fingerprint density at radius 2 is 2.03 bits per heavy atom. The molecule has 0 aliphatic heterocycles. The number of halogens is 1. The van der Waals surface area contributed by atoms with Gasteiger partial charge in [-0.05, 0) is 38.5 Å². The second-order valence-corrected chi connectivity index (χ2v) is 8.16. The Hall–Kier alpha value is -2.88. The van der Waals surface area contributed by atoms with E-state index in [1.165, 1.54) is 23.5 Å². The normalized spacial score (nSPS) is 10.9. The van der Waals surface area contributed by atoms with E-state index >= 15 is 0 Å². The summed E-state index contributed by atoms with van der Waals surface area (Å²) in [5.74, 6) is 0.319. The van der Waals surface area contributed by atoms with Crippen LogP contribution in [0.15, 0.2) is 29.6 Å². The van der Waals surface area contributed by atoms with E-state index in [1.807, 2.05) is 11.9 Å². The topological polar surface area (TPSA) is 95.6 Å². The van der Waals surface area contributed by atoms with Gasteiger partial charge in [0.05, 0.1) is 0 Å². The number of aromatic nitrogens is 1. The molecule has 8 nitrogen and oxygen atoms in total. The number of hydrogen-bond donors (Lipinski definition) is 3. The van der Waals surface area contributed by atoms with Gasteiger partial charge in [-0.3, -0.25) is 5.32 Å². The third kappa shape index (κ3) is 8.34. The van der Waals surface area contributed by atoms with Crippen molar-refractivity contribution in [2.45, 2.75) is 32.9 Å². The SMILES string of the molecule is CN(CCNC(=O)OC(C)(C)C)c1csc(NC(=O)NCc2cccc(F)c2)n1. The van der Waals surface area contributed by atoms with Crippen LogP contribution in [-0.2, 0) is 11.3 Å². The summed E-state index contributed by atoms with van der Waals surface area (Å²) in [6.45, 7) is 6.52. The van der Waals surface area contributed by atoms with E-state index < -0.39 is 17.7 Å². The summed E-state index contributed by atoms with van der Waals surface area (Å²) in [5, 5.41) is 10.2. The van der Waals surface area contributed by atoms with Crippen LogP contribution >= 0.6 is 11.3 Å². The number of carbonyl (C=O) groups excluding carboxylic acids is 2. The summed E-state index contributed by atoms with van der Waals surface area (Å²) in [7, 11) is 1.83. The van der Waals surface area contributed by atoms with E-state index in [1.54, 1.807) is 38.3 Å². The van der Waals surface area contributed by atoms with Gasteiger partial charge in [0.25, 0.3) is 0 Å². The summed E-state index contributed by atoms with van der Waals surface area (Å²) in [6.07, 6.45) is -0.471. The smallest absolute Gasteiger partial charge is 0.407 e. The van der Waals surface area contributed by atoms with Crippen LogP contribution in [0, 0.1) is 5.82 Å². The summed E-state index contributed by atoms with van der Waals surface area (Å²) < 4.78 is 18.3. The fourth-order valence-electron chi connectivity index (χ4n) is 2.22. The highest BCUT2D eigenvalue weighted by Gasteiger charge is 2.16. The number of ether oxygens (including phenoxy) is 1. The van der Waals surface area contributed by atoms with Gasteiger partial charge in [-0.25, -0.2) is 19.0 Å². The highest BCUT2D eigenvalue weighted by Crippen LogP contribution is 2.21. The lowest BCUT2D eigenvalue weighted by Crippen LogP contribution is -2.37. The number of urea groups is 1. The molecule has 0 aliphatic rings. The predicted molar refractivity (Wildman–Crippen MR) is 112 cm³/mol. The first-order valence-corrected chi connectivity index (χ1v) is 9.93. The Labute approximate surface area is 173 Å². The van der Waals surface area contributed by atoms with Crippen LogP contribution in [0.3, 0.4) is 0 Å². The molecule has 0 aliphatic carbocycles. The van der Waals surface area contributed by atoms with Crippen molar-refractivity contribution < 1.29 is 18.7 Å². The van der Waals surface area contributed by atoms with Crippen molar-refractivity contribution >= 4 is 34.4 Å². The van der Waals surface area contributed by atoms with E-state index in [0.717, 1.165) is 0 Å². The highest BCUT2D eigenvalue weighted by molar-refractivity contribution is 7.14. The van der Waals surface area contributed by atoms with Crippen LogP contribution in [0.2, 0.25) is 0 Å². The fourth-order valence-corrected chi connectivity index (χ4v) is 2.97. The molecule has 29 heavy (non-hydrogen) atoms. The second-order valence-electron chi connectivity index (χ2n) is 7.30. The van der Waals surface area contributed by atoms with Crippen molar-refractivity contribution in [1.29, 1.82) is 0 Å². The number of rotatable bonds is 7. The van der Waals surface area contributed by atoms with Crippen LogP contribution in [0.4, 0.5) is 24.9 Å². The molecule has 1 aromatic carbocycles. The predicted octanol–water partition coefficient (Wildman–Crippen LogP) is 3.56. The zero-order valence-corrected chi connectivity index (χ0v) is 17.7. The number of amides is 3. The quantitative estimate of drug-likeness (QED) is 0.633. The lowest BCUT2D eigenvalue weighted by molar-refractivity contribution is 0.0529. The van der Waals surface area contributed by atoms with Gasteiger partial charge in [-0.2, -0.15) is 0 Å². The minimum atomic E-state index is -0.541. The number of benzene rings is 1. The van der Waals surface area contributed by atoms with Crippen LogP contribution < -0.4 is 20.9 Å². The van der Waals surface area contributed by atoms with E-state index in [4.69, 9.17) is 4.74 Å². The van der Waals surface area contributed by atoms with Crippen LogP contribution in [-0.4, -0.2) is 42.8 Å². The molecule has 10 heteroatoms. The third-order valence-electron chi connectivity index (χ3n) is 3.56. The van der Waals surface area contributed by atoms with Crippen LogP contribution in [0.5, 0.6) is 0 Å². The molecule has 0 atom stereocenters. The minimum absolute atomic E-state index is 0.206. The molecular formula is C19H26FN5O3S. The molecule has 2 aromatic rings. The van der Waals surface area contributed by atoms with Gasteiger partial charge in [-0.1, -0.05) is 12.1 Å². The maximum atomic E-state index is 13.2. The number of anilines is 2. The van der Waals surface area contributed by atoms with Gasteiger partial charge < -0.3 is 20.3 Å². The van der Waals surface area contributed by atoms with E-state index in [2.05, 4.69) is 20.9 Å². The standard InChI is InChI=1S/C19H26FN5O3S/c1-19(2,3)28-18(27)21-8-9-25(4)15-12-29-17(23-15)24-16(26)22-11-13-6-5-7-14(20)10-13/h5-7,10,12H,8-9,11H2,1-4H3,(H,21,27)(H2,22,23,24,26). The molecule has 3 amide bonds. The first-order valence-electron chi connectivity index (χ1n) is 9.05. The first kappa shape index (κ1) is 22.4. The summed E-state index contributed by atoms with van der Waals surface area (Å²) in [5.41, 5.74) is 0.123. The molecule has 3 N–H and O–H groups in total. The Kier molecular flexibility index (Phi) is 7.77. The second kappa shape index (κ2) is 10.1. The van der Waals surface area contributed by atoms with Gasteiger partial charge in [-0.15, -0.1) is 11.3 Å². The average Bonchev–Trinajstić information content (AvgIpc) is 3.07. The Morgan fingerprint density at radius 1 is 1.28 bits per heavy atom. The summed E-state index contributed by atoms with van der Waals surface area (Å²) in [4.78, 5) is 29.8. The molecular weight excluding hydrogens is 397 g/mol. The van der Waals surface area contributed by atoms with Gasteiger partial charge in [0.2, 0.25) is 0 Å². The van der Waals surface area contributed by atoms with Crippen LogP contribution in [0.25, 0.3) is 0 Å². The number of nitrogens with one attached hydrogen (secondary N) is 3. The molecule has 0 saturated carbocycles. The summed E-state index contributed by atoms with van der Waals surface area (Å²) >= 11 is 1.28. The lowest BCUT2D eigenvalue weighted by Gasteiger charge is -2.21. The Bertz CT molecular complexity index is 837. The highest BCUT2D eigenvalue weighted by atomic mass is 32.1. The molecule has 1 aromatic heterocycles. The average molecular weight is 424 g/mol. The number of alkyl carbamates (subject to hydrolysis) is 1. The fraction of sp³-hybridized carbons (Fsp3) is 0.421. The van der Waals surface area contributed by atoms with Crippen LogP contribution in [0.1, 0.15) is 26.3 Å². The van der Waals surface area contributed by atoms with Crippen molar-refractivity contribution in [3.63, 3.8) is 0 Å². The Morgan fingerprint density at radius 3 is 2.72 bits per heavy atom. The van der Waals surface area contributed by atoms with Gasteiger partial charge >= 0.3 is 12.1 Å². The number of nitrogens with zero attached hydrogens (tertiary/aromatic N) is 2. The summed E-state index contributed by atoms with van der Waals surface area (Å²) in [6, 6.07) is 5.60. The molecule has 2 rings (SSSR count). The zero-order valence-electron chi connectivity index (χ0n) is 16.9. The van der Waals surface area contributed by atoms with Gasteiger partial charge in [0, 0.05) is 32.1 Å². The maximum Gasteiger partial charge on any atom is 0.407 e. The minimum Gasteiger partial charge on any atom is -0.444 e. The van der Waals surface area contributed by atoms with E-state index in [-0.39, 0.29) is 12.4 Å². The third-order valence-corrected chi connectivity index (χ3v) is 4.31. The lowest BCUT2D eigenvalue weighted by atomic mass is 10.2. The molecule has 0 fully saturated rings. The van der Waals surface area contributed by atoms with Gasteiger partial charge in [0.1, 0.15) is 17.2 Å². The van der Waals surface area contributed by atoms with Crippen molar-refractivity contribution in [1.82, 2.24) is 15.6 Å². The van der Waals surface area contributed by atoms with Crippen molar-refractivity contribution in [3.8, 4) is 0 Å². The molecule has 0 unspecified atom stereocenters. The molecule has 1 heterocycles. The maximum absolute atomic E-state index is 13.2. The largest absolute Gasteiger partial charge is 0.444 e. The zero-order chi connectivity index (χ0) is 21.4. The van der Waals surface area contributed by atoms with Crippen molar-refractivity contribution in [2.24, 2.45) is 0 Å². The van der Waals surface area contributed by atoms with E-state index in [0.29, 0.717) is 29.6 Å². The molecule has 158 valence electrons. The monoisotopic (exact) mass is 423 g/mol. The molecule has 0 saturated heterocycles. The van der Waals surface area contributed by atoms with Gasteiger partial charge in [0.15, 0.2) is 5.13 Å². The van der Waals surface area contributed by atoms with Crippen molar-refractivity contribution in [2.75, 3.05) is 30.4 Å². The number of thiazole rings is 1. The molecule has 0 spiro atoms. The Balaban J connectivity index is 1.74. The van der Waals surface area contributed by atoms with Crippen molar-refractivity contribution in [3.05, 3.63) is 41.0 Å².